The van der Waals surface area contributed by atoms with Gasteiger partial charge in [0.1, 0.15) is 0 Å². The Balaban J connectivity index is 2.83. The van der Waals surface area contributed by atoms with Gasteiger partial charge in [0, 0.05) is 0 Å². The van der Waals surface area contributed by atoms with Crippen molar-refractivity contribution in [1.82, 2.24) is 6.24 Å². The summed E-state index contributed by atoms with van der Waals surface area (Å²) < 4.78 is 8.86. The first-order valence-corrected chi connectivity index (χ1v) is 13.8. The molecule has 16 heavy (non-hydrogen) atoms. The van der Waals surface area contributed by atoms with Gasteiger partial charge in [-0.3, -0.25) is 0 Å². The molecule has 1 saturated heterocycles. The van der Waals surface area contributed by atoms with Gasteiger partial charge in [-0.2, -0.15) is 0 Å². The van der Waals surface area contributed by atoms with E-state index >= 15 is 0 Å². The fourth-order valence-corrected chi connectivity index (χ4v) is 18.0. The first-order valence-electron chi connectivity index (χ1n) is 7.25. The van der Waals surface area contributed by atoms with Crippen molar-refractivity contribution in [2.75, 3.05) is 26.2 Å². The summed E-state index contributed by atoms with van der Waals surface area (Å²) in [5.74, 6) is 0. The average molecular weight is 333 g/mol. The molecule has 0 bridgehead atoms. The third kappa shape index (κ3) is 2.94. The molecular weight excluding hydrogens is 303 g/mol. The SMILES string of the molecule is CCC[N]1CCC[N](CCC)[Sn]1([CH2]C)[CH2]C. The number of hydrogen-bond donors (Lipinski definition) is 0. The normalized spacial score (nSPS) is 22.5. The van der Waals surface area contributed by atoms with Crippen LogP contribution >= 0.6 is 0 Å². The minimum atomic E-state index is -2.10. The summed E-state index contributed by atoms with van der Waals surface area (Å²) in [6.45, 7) is 15.1. The van der Waals surface area contributed by atoms with Gasteiger partial charge in [-0.15, -0.1) is 0 Å². The molecule has 0 N–H and O–H groups in total. The molecule has 0 amide bonds. The van der Waals surface area contributed by atoms with Gasteiger partial charge in [-0.1, -0.05) is 0 Å². The molecule has 1 fully saturated rings. The third-order valence-corrected chi connectivity index (χ3v) is 19.9. The topological polar surface area (TPSA) is 6.48 Å². The van der Waals surface area contributed by atoms with Gasteiger partial charge in [0.15, 0.2) is 0 Å². The second-order valence-electron chi connectivity index (χ2n) is 5.02. The van der Waals surface area contributed by atoms with Gasteiger partial charge in [0.2, 0.25) is 0 Å². The molecule has 0 aromatic rings. The van der Waals surface area contributed by atoms with E-state index < -0.39 is 18.9 Å². The molecule has 1 rings (SSSR count). The van der Waals surface area contributed by atoms with Crippen molar-refractivity contribution in [1.29, 1.82) is 0 Å². The Labute approximate surface area is 107 Å². The molecule has 1 heterocycles. The zero-order valence-corrected chi connectivity index (χ0v) is 14.6. The summed E-state index contributed by atoms with van der Waals surface area (Å²) in [5, 5.41) is 0. The van der Waals surface area contributed by atoms with E-state index in [9.17, 15) is 0 Å². The maximum absolute atomic E-state index is 2.95. The van der Waals surface area contributed by atoms with Crippen LogP contribution < -0.4 is 0 Å². The van der Waals surface area contributed by atoms with E-state index in [1.165, 1.54) is 54.3 Å². The van der Waals surface area contributed by atoms with E-state index in [-0.39, 0.29) is 0 Å². The van der Waals surface area contributed by atoms with E-state index in [1.54, 1.807) is 0 Å². The van der Waals surface area contributed by atoms with Crippen molar-refractivity contribution in [2.24, 2.45) is 0 Å². The first-order chi connectivity index (χ1) is 7.75. The molecule has 0 aliphatic carbocycles. The van der Waals surface area contributed by atoms with Gasteiger partial charge in [0.25, 0.3) is 0 Å². The standard InChI is InChI=1S/C9H20N2.2C2H5.Sn/c1-3-6-10-8-5-9-11-7-4-2;2*1-2;/h3-9H2,1-2H3;2*1H2,2H3;/q-2;;;+2. The Bertz CT molecular complexity index is 172. The zero-order chi connectivity index (χ0) is 12.0. The monoisotopic (exact) mass is 334 g/mol. The molecular formula is C13H30N2Sn. The molecule has 0 aromatic heterocycles. The van der Waals surface area contributed by atoms with Crippen molar-refractivity contribution < 1.29 is 0 Å². The van der Waals surface area contributed by atoms with Crippen molar-refractivity contribution in [3.8, 4) is 0 Å². The number of hydrogen-bond acceptors (Lipinski definition) is 2. The van der Waals surface area contributed by atoms with Crippen molar-refractivity contribution in [3.63, 3.8) is 0 Å². The Morgan fingerprint density at radius 1 is 0.812 bits per heavy atom. The van der Waals surface area contributed by atoms with E-state index in [2.05, 4.69) is 33.9 Å². The van der Waals surface area contributed by atoms with Crippen molar-refractivity contribution in [3.05, 3.63) is 0 Å². The van der Waals surface area contributed by atoms with E-state index in [0.717, 1.165) is 0 Å². The Kier molecular flexibility index (Phi) is 6.67. The summed E-state index contributed by atoms with van der Waals surface area (Å²) in [4.78, 5) is 0. The van der Waals surface area contributed by atoms with Crippen molar-refractivity contribution >= 4 is 18.9 Å². The van der Waals surface area contributed by atoms with Gasteiger partial charge >= 0.3 is 107 Å². The second-order valence-corrected chi connectivity index (χ2v) is 18.3. The van der Waals surface area contributed by atoms with Crippen LogP contribution in [0.25, 0.3) is 0 Å². The molecule has 96 valence electrons. The van der Waals surface area contributed by atoms with Gasteiger partial charge in [0.05, 0.1) is 0 Å². The predicted molar refractivity (Wildman–Crippen MR) is 75.1 cm³/mol. The van der Waals surface area contributed by atoms with E-state index in [1.807, 2.05) is 0 Å². The maximum atomic E-state index is 2.95. The molecule has 1 aliphatic rings. The van der Waals surface area contributed by atoms with E-state index in [0.29, 0.717) is 0 Å². The molecule has 2 nitrogen and oxygen atoms in total. The van der Waals surface area contributed by atoms with Crippen LogP contribution in [0.3, 0.4) is 0 Å². The second kappa shape index (κ2) is 7.22. The molecule has 0 spiro atoms. The van der Waals surface area contributed by atoms with Crippen LogP contribution in [-0.2, 0) is 0 Å². The summed E-state index contributed by atoms with van der Waals surface area (Å²) in [7, 11) is 0. The Morgan fingerprint density at radius 3 is 1.56 bits per heavy atom. The van der Waals surface area contributed by atoms with Crippen LogP contribution in [0.4, 0.5) is 0 Å². The van der Waals surface area contributed by atoms with Crippen LogP contribution in [0.1, 0.15) is 47.0 Å². The van der Waals surface area contributed by atoms with Crippen LogP contribution in [0.2, 0.25) is 8.87 Å². The van der Waals surface area contributed by atoms with Crippen LogP contribution in [0.5, 0.6) is 0 Å². The van der Waals surface area contributed by atoms with E-state index in [4.69, 9.17) is 0 Å². The molecule has 0 saturated carbocycles. The zero-order valence-electron chi connectivity index (χ0n) is 11.8. The van der Waals surface area contributed by atoms with Gasteiger partial charge in [-0.25, -0.2) is 0 Å². The Hall–Kier alpha value is 0.719. The Morgan fingerprint density at radius 2 is 1.25 bits per heavy atom. The van der Waals surface area contributed by atoms with Crippen LogP contribution in [0.15, 0.2) is 0 Å². The van der Waals surface area contributed by atoms with Crippen LogP contribution in [-0.4, -0.2) is 51.3 Å². The average Bonchev–Trinajstić information content (AvgIpc) is 2.31. The summed E-state index contributed by atoms with van der Waals surface area (Å²) in [6, 6.07) is 0. The van der Waals surface area contributed by atoms with Gasteiger partial charge in [-0.05, 0) is 0 Å². The fraction of sp³-hybridized carbons (Fsp3) is 1.00. The predicted octanol–water partition coefficient (Wildman–Crippen LogP) is 3.30. The molecule has 3 heteroatoms. The number of nitrogens with zero attached hydrogens (tertiary/aromatic N) is 2. The van der Waals surface area contributed by atoms with Crippen LogP contribution in [0, 0.1) is 0 Å². The minimum absolute atomic E-state index is 1.33. The van der Waals surface area contributed by atoms with Gasteiger partial charge < -0.3 is 0 Å². The molecule has 0 radical (unpaired) electrons. The fourth-order valence-electron chi connectivity index (χ4n) is 3.39. The quantitative estimate of drug-likeness (QED) is 0.689. The summed E-state index contributed by atoms with van der Waals surface area (Å²) in [6.07, 6.45) is 4.07. The summed E-state index contributed by atoms with van der Waals surface area (Å²) >= 11 is -2.10. The molecule has 0 atom stereocenters. The first kappa shape index (κ1) is 14.8. The number of rotatable bonds is 6. The molecule has 0 unspecified atom stereocenters. The summed E-state index contributed by atoms with van der Waals surface area (Å²) in [5.41, 5.74) is 0. The van der Waals surface area contributed by atoms with Crippen molar-refractivity contribution in [2.45, 2.75) is 55.8 Å². The third-order valence-electron chi connectivity index (χ3n) is 4.15. The molecule has 1 aliphatic heterocycles. The molecule has 0 aromatic carbocycles.